The largest absolute Gasteiger partial charge is 0.388 e. The van der Waals surface area contributed by atoms with Gasteiger partial charge in [-0.2, -0.15) is 0 Å². The maximum Gasteiger partial charge on any atom is 0.223 e. The zero-order valence-corrected chi connectivity index (χ0v) is 13.7. The van der Waals surface area contributed by atoms with Crippen LogP contribution in [0.1, 0.15) is 65.2 Å². The normalized spacial score (nSPS) is 24.8. The van der Waals surface area contributed by atoms with Crippen LogP contribution in [0.2, 0.25) is 0 Å². The maximum atomic E-state index is 12.3. The number of aliphatic hydroxyl groups is 1. The molecule has 2 fully saturated rings. The van der Waals surface area contributed by atoms with Gasteiger partial charge in [0.1, 0.15) is 0 Å². The zero-order chi connectivity index (χ0) is 15.3. The lowest BCUT2D eigenvalue weighted by atomic mass is 9.92. The smallest absolute Gasteiger partial charge is 0.223 e. The van der Waals surface area contributed by atoms with Gasteiger partial charge in [-0.3, -0.25) is 4.79 Å². The molecule has 1 aliphatic heterocycles. The molecule has 2 N–H and O–H groups in total. The van der Waals surface area contributed by atoms with Gasteiger partial charge >= 0.3 is 0 Å². The first kappa shape index (κ1) is 16.8. The monoisotopic (exact) mass is 296 g/mol. The minimum absolute atomic E-state index is 0.134. The number of rotatable bonds is 4. The summed E-state index contributed by atoms with van der Waals surface area (Å²) in [4.78, 5) is 14.7. The molecule has 0 aromatic rings. The molecular formula is C17H32N2O2. The third kappa shape index (κ3) is 4.96. The quantitative estimate of drug-likeness (QED) is 0.783. The van der Waals surface area contributed by atoms with Crippen LogP contribution in [0.25, 0.3) is 0 Å². The maximum absolute atomic E-state index is 12.3. The first-order chi connectivity index (χ1) is 10.0. The molecule has 1 saturated heterocycles. The van der Waals surface area contributed by atoms with Crippen molar-refractivity contribution in [2.24, 2.45) is 5.92 Å². The molecule has 21 heavy (non-hydrogen) atoms. The highest BCUT2D eigenvalue weighted by molar-refractivity contribution is 5.78. The molecule has 0 atom stereocenters. The van der Waals surface area contributed by atoms with Gasteiger partial charge in [-0.1, -0.05) is 25.7 Å². The van der Waals surface area contributed by atoms with E-state index in [1.807, 2.05) is 0 Å². The molecule has 4 heteroatoms. The van der Waals surface area contributed by atoms with E-state index < -0.39 is 5.60 Å². The summed E-state index contributed by atoms with van der Waals surface area (Å²) in [6.07, 6.45) is 8.15. The van der Waals surface area contributed by atoms with Gasteiger partial charge in [-0.25, -0.2) is 0 Å². The predicted octanol–water partition coefficient (Wildman–Crippen LogP) is 2.31. The average Bonchev–Trinajstić information content (AvgIpc) is 2.70. The van der Waals surface area contributed by atoms with Gasteiger partial charge in [-0.05, 0) is 52.6 Å². The Morgan fingerprint density at radius 3 is 2.29 bits per heavy atom. The molecule has 0 aromatic heterocycles. The molecule has 1 amide bonds. The standard InChI is InChI=1S/C17H32N2O2/c1-14(2)19-11-7-15(8-12-19)16(20)18-13-17(21)9-5-3-4-6-10-17/h14-15,21H,3-13H2,1-2H3,(H,18,20). The number of hydrogen-bond donors (Lipinski definition) is 2. The molecule has 122 valence electrons. The lowest BCUT2D eigenvalue weighted by molar-refractivity contribution is -0.128. The van der Waals surface area contributed by atoms with E-state index in [0.717, 1.165) is 51.6 Å². The third-order valence-electron chi connectivity index (χ3n) is 5.26. The first-order valence-corrected chi connectivity index (χ1v) is 8.74. The fraction of sp³-hybridized carbons (Fsp3) is 0.941. The lowest BCUT2D eigenvalue weighted by Gasteiger charge is -2.34. The van der Waals surface area contributed by atoms with E-state index >= 15 is 0 Å². The number of likely N-dealkylation sites (tertiary alicyclic amines) is 1. The Labute approximate surface area is 129 Å². The van der Waals surface area contributed by atoms with Crippen molar-refractivity contribution in [1.82, 2.24) is 10.2 Å². The summed E-state index contributed by atoms with van der Waals surface area (Å²) in [7, 11) is 0. The van der Waals surface area contributed by atoms with Crippen LogP contribution >= 0.6 is 0 Å². The van der Waals surface area contributed by atoms with Gasteiger partial charge in [0.2, 0.25) is 5.91 Å². The van der Waals surface area contributed by atoms with Crippen molar-refractivity contribution < 1.29 is 9.90 Å². The minimum atomic E-state index is -0.662. The summed E-state index contributed by atoms with van der Waals surface area (Å²) < 4.78 is 0. The SMILES string of the molecule is CC(C)N1CCC(C(=O)NCC2(O)CCCCCC2)CC1. The van der Waals surface area contributed by atoms with Gasteiger partial charge < -0.3 is 15.3 Å². The van der Waals surface area contributed by atoms with Gasteiger partial charge in [0, 0.05) is 18.5 Å². The molecule has 0 aromatic carbocycles. The fourth-order valence-electron chi connectivity index (χ4n) is 3.64. The highest BCUT2D eigenvalue weighted by Gasteiger charge is 2.31. The Kier molecular flexibility index (Phi) is 6.06. The number of hydrogen-bond acceptors (Lipinski definition) is 3. The van der Waals surface area contributed by atoms with Crippen LogP contribution < -0.4 is 5.32 Å². The van der Waals surface area contributed by atoms with Crippen molar-refractivity contribution in [3.8, 4) is 0 Å². The second kappa shape index (κ2) is 7.59. The molecule has 0 bridgehead atoms. The third-order valence-corrected chi connectivity index (χ3v) is 5.26. The molecule has 1 aliphatic carbocycles. The Hall–Kier alpha value is -0.610. The zero-order valence-electron chi connectivity index (χ0n) is 13.7. The topological polar surface area (TPSA) is 52.6 Å². The average molecular weight is 296 g/mol. The van der Waals surface area contributed by atoms with Gasteiger partial charge in [0.05, 0.1) is 5.60 Å². The van der Waals surface area contributed by atoms with E-state index in [1.54, 1.807) is 0 Å². The second-order valence-electron chi connectivity index (χ2n) is 7.26. The summed E-state index contributed by atoms with van der Waals surface area (Å²) in [6.45, 7) is 6.89. The molecule has 0 spiro atoms. The highest BCUT2D eigenvalue weighted by Crippen LogP contribution is 2.26. The van der Waals surface area contributed by atoms with Crippen molar-refractivity contribution in [3.63, 3.8) is 0 Å². The van der Waals surface area contributed by atoms with Gasteiger partial charge in [0.15, 0.2) is 0 Å². The second-order valence-corrected chi connectivity index (χ2v) is 7.26. The molecule has 0 radical (unpaired) electrons. The Morgan fingerprint density at radius 2 is 1.76 bits per heavy atom. The van der Waals surface area contributed by atoms with E-state index in [0.29, 0.717) is 12.6 Å². The van der Waals surface area contributed by atoms with E-state index in [2.05, 4.69) is 24.1 Å². The molecule has 0 unspecified atom stereocenters. The van der Waals surface area contributed by atoms with Crippen molar-refractivity contribution in [2.45, 2.75) is 76.9 Å². The molecular weight excluding hydrogens is 264 g/mol. The number of amides is 1. The summed E-state index contributed by atoms with van der Waals surface area (Å²) in [5.74, 6) is 0.283. The Morgan fingerprint density at radius 1 is 1.19 bits per heavy atom. The van der Waals surface area contributed by atoms with E-state index in [-0.39, 0.29) is 11.8 Å². The van der Waals surface area contributed by atoms with Crippen LogP contribution in [-0.2, 0) is 4.79 Å². The van der Waals surface area contributed by atoms with Crippen molar-refractivity contribution in [2.75, 3.05) is 19.6 Å². The van der Waals surface area contributed by atoms with E-state index in [4.69, 9.17) is 0 Å². The number of piperidine rings is 1. The van der Waals surface area contributed by atoms with Crippen LogP contribution in [0.4, 0.5) is 0 Å². The Balaban J connectivity index is 1.74. The van der Waals surface area contributed by atoms with Crippen molar-refractivity contribution in [1.29, 1.82) is 0 Å². The first-order valence-electron chi connectivity index (χ1n) is 8.74. The van der Waals surface area contributed by atoms with Crippen LogP contribution in [0, 0.1) is 5.92 Å². The van der Waals surface area contributed by atoms with Crippen molar-refractivity contribution >= 4 is 5.91 Å². The molecule has 1 heterocycles. The minimum Gasteiger partial charge on any atom is -0.388 e. The summed E-state index contributed by atoms with van der Waals surface area (Å²) in [6, 6.07) is 0.570. The Bertz CT molecular complexity index is 328. The van der Waals surface area contributed by atoms with Gasteiger partial charge in [0.25, 0.3) is 0 Å². The van der Waals surface area contributed by atoms with E-state index in [1.165, 1.54) is 12.8 Å². The van der Waals surface area contributed by atoms with Crippen LogP contribution in [0.5, 0.6) is 0 Å². The molecule has 2 rings (SSSR count). The lowest BCUT2D eigenvalue weighted by Crippen LogP contribution is -2.47. The summed E-state index contributed by atoms with van der Waals surface area (Å²) in [5.41, 5.74) is -0.662. The van der Waals surface area contributed by atoms with Gasteiger partial charge in [-0.15, -0.1) is 0 Å². The van der Waals surface area contributed by atoms with Crippen molar-refractivity contribution in [3.05, 3.63) is 0 Å². The number of carbonyl (C=O) groups is 1. The molecule has 4 nitrogen and oxygen atoms in total. The fourth-order valence-corrected chi connectivity index (χ4v) is 3.64. The summed E-state index contributed by atoms with van der Waals surface area (Å²) in [5, 5.41) is 13.6. The number of nitrogens with zero attached hydrogens (tertiary/aromatic N) is 1. The number of nitrogens with one attached hydrogen (secondary N) is 1. The van der Waals surface area contributed by atoms with Crippen LogP contribution in [0.3, 0.4) is 0 Å². The van der Waals surface area contributed by atoms with Crippen LogP contribution in [0.15, 0.2) is 0 Å². The van der Waals surface area contributed by atoms with Crippen LogP contribution in [-0.4, -0.2) is 47.2 Å². The molecule has 1 saturated carbocycles. The molecule has 2 aliphatic rings. The highest BCUT2D eigenvalue weighted by atomic mass is 16.3. The summed E-state index contributed by atoms with van der Waals surface area (Å²) >= 11 is 0. The number of carbonyl (C=O) groups excluding carboxylic acids is 1. The predicted molar refractivity (Wildman–Crippen MR) is 85.1 cm³/mol. The van der Waals surface area contributed by atoms with E-state index in [9.17, 15) is 9.90 Å².